The second-order valence-electron chi connectivity index (χ2n) is 5.00. The Labute approximate surface area is 95.6 Å². The van der Waals surface area contributed by atoms with Gasteiger partial charge in [-0.3, -0.25) is 0 Å². The Morgan fingerprint density at radius 1 is 0.800 bits per heavy atom. The molecule has 0 saturated carbocycles. The fourth-order valence-electron chi connectivity index (χ4n) is 2.19. The second-order valence-corrected chi connectivity index (χ2v) is 5.00. The van der Waals surface area contributed by atoms with Crippen LogP contribution in [0.3, 0.4) is 0 Å². The predicted molar refractivity (Wildman–Crippen MR) is 66.2 cm³/mol. The largest absolute Gasteiger partial charge is 0.370 e. The van der Waals surface area contributed by atoms with Gasteiger partial charge in [0.15, 0.2) is 0 Å². The Kier molecular flexibility index (Phi) is 7.08. The molecule has 1 nitrogen and oxygen atoms in total. The van der Waals surface area contributed by atoms with E-state index in [-0.39, 0.29) is 0 Å². The van der Waals surface area contributed by atoms with Crippen LogP contribution in [-0.2, 0) is 4.74 Å². The summed E-state index contributed by atoms with van der Waals surface area (Å²) in [6.45, 7) is 4.46. The highest BCUT2D eigenvalue weighted by Crippen LogP contribution is 2.26. The van der Waals surface area contributed by atoms with Gasteiger partial charge in [0.25, 0.3) is 0 Å². The van der Waals surface area contributed by atoms with Crippen molar-refractivity contribution in [3.8, 4) is 0 Å². The van der Waals surface area contributed by atoms with E-state index < -0.39 is 0 Å². The van der Waals surface area contributed by atoms with Gasteiger partial charge in [-0.25, -0.2) is 0 Å². The van der Waals surface area contributed by atoms with Crippen LogP contribution in [-0.4, -0.2) is 12.2 Å². The van der Waals surface area contributed by atoms with Crippen LogP contribution in [0.1, 0.15) is 78.1 Å². The third kappa shape index (κ3) is 6.94. The summed E-state index contributed by atoms with van der Waals surface area (Å²) in [5, 5.41) is 0. The number of unbranched alkanes of at least 4 members (excludes halogenated alkanes) is 8. The molecule has 1 saturated heterocycles. The number of hydrogen-bond acceptors (Lipinski definition) is 1. The van der Waals surface area contributed by atoms with Gasteiger partial charge in [-0.15, -0.1) is 0 Å². The first-order chi connectivity index (χ1) is 7.34. The summed E-state index contributed by atoms with van der Waals surface area (Å²) in [7, 11) is 0. The molecule has 1 unspecified atom stereocenters. The Morgan fingerprint density at radius 3 is 1.73 bits per heavy atom. The molecule has 0 aromatic rings. The molecule has 0 spiro atoms. The van der Waals surface area contributed by atoms with Crippen molar-refractivity contribution in [2.75, 3.05) is 0 Å². The highest BCUT2D eigenvalue weighted by atomic mass is 16.6. The number of hydrogen-bond donors (Lipinski definition) is 0. The van der Waals surface area contributed by atoms with E-state index in [1.807, 2.05) is 0 Å². The van der Waals surface area contributed by atoms with Crippen molar-refractivity contribution in [1.82, 2.24) is 0 Å². The van der Waals surface area contributed by atoms with Gasteiger partial charge >= 0.3 is 0 Å². The summed E-state index contributed by atoms with van der Waals surface area (Å²) >= 11 is 0. The topological polar surface area (TPSA) is 12.5 Å². The van der Waals surface area contributed by atoms with Gasteiger partial charge in [-0.1, -0.05) is 64.7 Å². The van der Waals surface area contributed by atoms with E-state index in [1.165, 1.54) is 64.2 Å². The molecule has 15 heavy (non-hydrogen) atoms. The van der Waals surface area contributed by atoms with Gasteiger partial charge in [0.1, 0.15) is 0 Å². The van der Waals surface area contributed by atoms with Crippen molar-refractivity contribution in [3.63, 3.8) is 0 Å². The SMILES string of the molecule is CCCCCCCCCCC[C@H]1OC1C. The molecule has 1 rings (SSSR count). The Morgan fingerprint density at radius 2 is 1.27 bits per heavy atom. The molecule has 1 aliphatic rings. The molecule has 0 radical (unpaired) electrons. The van der Waals surface area contributed by atoms with Crippen molar-refractivity contribution in [3.05, 3.63) is 0 Å². The van der Waals surface area contributed by atoms with E-state index in [0.29, 0.717) is 12.2 Å². The predicted octanol–water partition coefficient (Wildman–Crippen LogP) is 4.69. The standard InChI is InChI=1S/C14H28O/c1-3-4-5-6-7-8-9-10-11-12-14-13(2)15-14/h13-14H,3-12H2,1-2H3/t13?,14-/m1/s1. The summed E-state index contributed by atoms with van der Waals surface area (Å²) in [6, 6.07) is 0. The fraction of sp³-hybridized carbons (Fsp3) is 1.00. The molecule has 0 N–H and O–H groups in total. The first kappa shape index (κ1) is 13.0. The molecular weight excluding hydrogens is 184 g/mol. The van der Waals surface area contributed by atoms with Crippen LogP contribution in [0.25, 0.3) is 0 Å². The maximum Gasteiger partial charge on any atom is 0.0839 e. The fourth-order valence-corrected chi connectivity index (χ4v) is 2.19. The lowest BCUT2D eigenvalue weighted by molar-refractivity contribution is 0.364. The first-order valence-electron chi connectivity index (χ1n) is 7.00. The van der Waals surface area contributed by atoms with Gasteiger partial charge < -0.3 is 4.74 Å². The molecule has 0 amide bonds. The van der Waals surface area contributed by atoms with Crippen LogP contribution in [0, 0.1) is 0 Å². The van der Waals surface area contributed by atoms with Crippen molar-refractivity contribution >= 4 is 0 Å². The zero-order valence-electron chi connectivity index (χ0n) is 10.6. The third-order valence-corrected chi connectivity index (χ3v) is 3.43. The lowest BCUT2D eigenvalue weighted by Gasteiger charge is -2.00. The maximum absolute atomic E-state index is 5.39. The summed E-state index contributed by atoms with van der Waals surface area (Å²) in [5.74, 6) is 0. The van der Waals surface area contributed by atoms with Crippen molar-refractivity contribution < 1.29 is 4.74 Å². The molecule has 0 aromatic heterocycles. The third-order valence-electron chi connectivity index (χ3n) is 3.43. The zero-order chi connectivity index (χ0) is 10.9. The minimum absolute atomic E-state index is 0.569. The molecule has 1 aliphatic heterocycles. The van der Waals surface area contributed by atoms with E-state index in [9.17, 15) is 0 Å². The average molecular weight is 212 g/mol. The molecule has 2 atom stereocenters. The molecule has 0 aromatic carbocycles. The minimum atomic E-state index is 0.569. The molecule has 90 valence electrons. The van der Waals surface area contributed by atoms with Gasteiger partial charge in [-0.2, -0.15) is 0 Å². The van der Waals surface area contributed by atoms with Crippen LogP contribution in [0.2, 0.25) is 0 Å². The van der Waals surface area contributed by atoms with E-state index in [0.717, 1.165) is 0 Å². The molecule has 0 aliphatic carbocycles. The van der Waals surface area contributed by atoms with Gasteiger partial charge in [0.2, 0.25) is 0 Å². The van der Waals surface area contributed by atoms with Crippen LogP contribution in [0.4, 0.5) is 0 Å². The van der Waals surface area contributed by atoms with Gasteiger partial charge in [-0.05, 0) is 13.3 Å². The first-order valence-corrected chi connectivity index (χ1v) is 7.00. The summed E-state index contributed by atoms with van der Waals surface area (Å²) in [6.07, 6.45) is 15.3. The normalized spacial score (nSPS) is 24.4. The smallest absolute Gasteiger partial charge is 0.0839 e. The Hall–Kier alpha value is -0.0400. The van der Waals surface area contributed by atoms with E-state index in [1.54, 1.807) is 0 Å². The monoisotopic (exact) mass is 212 g/mol. The number of ether oxygens (including phenoxy) is 1. The van der Waals surface area contributed by atoms with Crippen LogP contribution < -0.4 is 0 Å². The maximum atomic E-state index is 5.39. The molecule has 1 heterocycles. The molecular formula is C14H28O. The van der Waals surface area contributed by atoms with Crippen LogP contribution in [0.5, 0.6) is 0 Å². The van der Waals surface area contributed by atoms with E-state index in [2.05, 4.69) is 13.8 Å². The summed E-state index contributed by atoms with van der Waals surface area (Å²) in [4.78, 5) is 0. The summed E-state index contributed by atoms with van der Waals surface area (Å²) in [5.41, 5.74) is 0. The molecule has 1 fully saturated rings. The van der Waals surface area contributed by atoms with Crippen molar-refractivity contribution in [1.29, 1.82) is 0 Å². The van der Waals surface area contributed by atoms with Crippen molar-refractivity contribution in [2.45, 2.75) is 90.3 Å². The van der Waals surface area contributed by atoms with Crippen LogP contribution >= 0.6 is 0 Å². The van der Waals surface area contributed by atoms with Crippen molar-refractivity contribution in [2.24, 2.45) is 0 Å². The Balaban J connectivity index is 1.66. The number of epoxide rings is 1. The quantitative estimate of drug-likeness (QED) is 0.378. The Bertz CT molecular complexity index is 144. The summed E-state index contributed by atoms with van der Waals surface area (Å²) < 4.78 is 5.39. The van der Waals surface area contributed by atoms with E-state index >= 15 is 0 Å². The van der Waals surface area contributed by atoms with Crippen LogP contribution in [0.15, 0.2) is 0 Å². The molecule has 1 heteroatoms. The highest BCUT2D eigenvalue weighted by Gasteiger charge is 2.32. The highest BCUT2D eigenvalue weighted by molar-refractivity contribution is 4.79. The average Bonchev–Trinajstić information content (AvgIpc) is 2.92. The second kappa shape index (κ2) is 8.15. The van der Waals surface area contributed by atoms with Gasteiger partial charge in [0.05, 0.1) is 12.2 Å². The van der Waals surface area contributed by atoms with E-state index in [4.69, 9.17) is 4.74 Å². The lowest BCUT2D eigenvalue weighted by Crippen LogP contribution is -1.89. The minimum Gasteiger partial charge on any atom is -0.370 e. The molecule has 0 bridgehead atoms. The lowest BCUT2D eigenvalue weighted by atomic mass is 10.1. The number of rotatable bonds is 10. The zero-order valence-corrected chi connectivity index (χ0v) is 10.6. The van der Waals surface area contributed by atoms with Gasteiger partial charge in [0, 0.05) is 0 Å².